The quantitative estimate of drug-likeness (QED) is 0.328. The summed E-state index contributed by atoms with van der Waals surface area (Å²) in [5, 5.41) is 5.97. The van der Waals surface area contributed by atoms with Crippen molar-refractivity contribution in [1.82, 2.24) is 10.2 Å². The molecule has 7 nitrogen and oxygen atoms in total. The third-order valence-electron chi connectivity index (χ3n) is 7.09. The second-order valence-corrected chi connectivity index (χ2v) is 12.3. The van der Waals surface area contributed by atoms with Crippen LogP contribution in [-0.2, 0) is 14.3 Å². The molecule has 0 aliphatic rings. The smallest absolute Gasteiger partial charge is 0.408 e. The maximum Gasteiger partial charge on any atom is 0.408 e. The van der Waals surface area contributed by atoms with E-state index in [0.29, 0.717) is 12.8 Å². The molecular formula is C33H49N3O4. The van der Waals surface area contributed by atoms with Gasteiger partial charge in [0.25, 0.3) is 5.91 Å². The fourth-order valence-electron chi connectivity index (χ4n) is 4.98. The van der Waals surface area contributed by atoms with Gasteiger partial charge in [-0.1, -0.05) is 57.2 Å². The highest BCUT2D eigenvalue weighted by molar-refractivity contribution is 6.00. The van der Waals surface area contributed by atoms with Crippen LogP contribution in [0.4, 0.5) is 10.5 Å². The Morgan fingerprint density at radius 1 is 0.875 bits per heavy atom. The number of nitrogens with one attached hydrogen (secondary N) is 2. The summed E-state index contributed by atoms with van der Waals surface area (Å²) in [5.41, 5.74) is 4.55. The predicted molar refractivity (Wildman–Crippen MR) is 162 cm³/mol. The molecule has 2 aromatic rings. The Labute approximate surface area is 241 Å². The molecule has 0 saturated heterocycles. The number of anilines is 1. The predicted octanol–water partition coefficient (Wildman–Crippen LogP) is 7.17. The van der Waals surface area contributed by atoms with Gasteiger partial charge in [0.15, 0.2) is 0 Å². The van der Waals surface area contributed by atoms with Gasteiger partial charge in [0.1, 0.15) is 17.7 Å². The molecule has 7 heteroatoms. The molecule has 0 bridgehead atoms. The van der Waals surface area contributed by atoms with Crippen LogP contribution in [0.1, 0.15) is 95.2 Å². The number of carbonyl (C=O) groups excluding carboxylic acids is 3. The molecule has 3 amide bonds. The largest absolute Gasteiger partial charge is 0.444 e. The third-order valence-corrected chi connectivity index (χ3v) is 7.09. The fraction of sp³-hybridized carbons (Fsp3) is 0.545. The van der Waals surface area contributed by atoms with Crippen LogP contribution in [0.5, 0.6) is 0 Å². The van der Waals surface area contributed by atoms with E-state index in [-0.39, 0.29) is 23.8 Å². The van der Waals surface area contributed by atoms with E-state index in [1.807, 2.05) is 91.8 Å². The minimum absolute atomic E-state index is 0.116. The van der Waals surface area contributed by atoms with E-state index >= 15 is 0 Å². The zero-order chi connectivity index (χ0) is 30.4. The normalized spacial score (nSPS) is 13.8. The topological polar surface area (TPSA) is 87.7 Å². The molecule has 3 unspecified atom stereocenters. The standard InChI is InChI=1S/C33H49N3O4/c1-12-25(8)36(31(38)26(19-20(2)3)34-32(39)40-33(9,10)11)29(27-21(4)15-13-16-22(27)5)30(37)35-28-23(6)17-14-18-24(28)7/h13-18,20,25-26,29H,12,19H2,1-11H3,(H,34,39)(H,35,37). The summed E-state index contributed by atoms with van der Waals surface area (Å²) in [7, 11) is 0. The molecule has 220 valence electrons. The van der Waals surface area contributed by atoms with Crippen molar-refractivity contribution in [1.29, 1.82) is 0 Å². The molecule has 2 aromatic carbocycles. The summed E-state index contributed by atoms with van der Waals surface area (Å²) >= 11 is 0. The van der Waals surface area contributed by atoms with Crippen LogP contribution in [0.2, 0.25) is 0 Å². The average Bonchev–Trinajstić information content (AvgIpc) is 2.83. The van der Waals surface area contributed by atoms with Gasteiger partial charge in [0.2, 0.25) is 5.91 Å². The van der Waals surface area contributed by atoms with Crippen LogP contribution in [0.25, 0.3) is 0 Å². The number of ether oxygens (including phenoxy) is 1. The van der Waals surface area contributed by atoms with Crippen LogP contribution in [-0.4, -0.2) is 40.5 Å². The number of aryl methyl sites for hydroxylation is 4. The lowest BCUT2D eigenvalue weighted by Gasteiger charge is -2.39. The molecule has 2 N–H and O–H groups in total. The van der Waals surface area contributed by atoms with Crippen LogP contribution in [0, 0.1) is 33.6 Å². The maximum absolute atomic E-state index is 14.5. The number of rotatable bonds is 10. The highest BCUT2D eigenvalue weighted by Gasteiger charge is 2.40. The monoisotopic (exact) mass is 551 g/mol. The number of hydrogen-bond acceptors (Lipinski definition) is 4. The van der Waals surface area contributed by atoms with Gasteiger partial charge in [0.05, 0.1) is 0 Å². The number of amides is 3. The highest BCUT2D eigenvalue weighted by atomic mass is 16.6. The first kappa shape index (κ1) is 32.9. The van der Waals surface area contributed by atoms with E-state index in [1.54, 1.807) is 25.7 Å². The Morgan fingerprint density at radius 3 is 1.82 bits per heavy atom. The van der Waals surface area contributed by atoms with Crippen molar-refractivity contribution in [3.8, 4) is 0 Å². The SMILES string of the molecule is CCC(C)N(C(=O)C(CC(C)C)NC(=O)OC(C)(C)C)C(C(=O)Nc1c(C)cccc1C)c1c(C)cccc1C. The van der Waals surface area contributed by atoms with Crippen molar-refractivity contribution in [3.63, 3.8) is 0 Å². The maximum atomic E-state index is 14.5. The van der Waals surface area contributed by atoms with Gasteiger partial charge in [-0.2, -0.15) is 0 Å². The van der Waals surface area contributed by atoms with Crippen molar-refractivity contribution in [2.75, 3.05) is 5.32 Å². The summed E-state index contributed by atoms with van der Waals surface area (Å²) in [6, 6.07) is 9.70. The van der Waals surface area contributed by atoms with Crippen molar-refractivity contribution in [3.05, 3.63) is 64.2 Å². The summed E-state index contributed by atoms with van der Waals surface area (Å²) < 4.78 is 5.50. The van der Waals surface area contributed by atoms with Crippen LogP contribution in [0.15, 0.2) is 36.4 Å². The lowest BCUT2D eigenvalue weighted by atomic mass is 9.91. The molecule has 0 fully saturated rings. The number of hydrogen-bond donors (Lipinski definition) is 2. The second kappa shape index (κ2) is 13.8. The van der Waals surface area contributed by atoms with Gasteiger partial charge in [0, 0.05) is 11.7 Å². The van der Waals surface area contributed by atoms with Crippen LogP contribution >= 0.6 is 0 Å². The molecule has 40 heavy (non-hydrogen) atoms. The summed E-state index contributed by atoms with van der Waals surface area (Å²) in [5.74, 6) is -0.480. The molecular weight excluding hydrogens is 502 g/mol. The van der Waals surface area contributed by atoms with Gasteiger partial charge in [-0.3, -0.25) is 9.59 Å². The highest BCUT2D eigenvalue weighted by Crippen LogP contribution is 2.33. The number of alkyl carbamates (subject to hydrolysis) is 1. The van der Waals surface area contributed by atoms with Crippen molar-refractivity contribution in [2.24, 2.45) is 5.92 Å². The zero-order valence-electron chi connectivity index (χ0n) is 26.3. The lowest BCUT2D eigenvalue weighted by Crippen LogP contribution is -2.55. The molecule has 0 aromatic heterocycles. The fourth-order valence-corrected chi connectivity index (χ4v) is 4.98. The minimum atomic E-state index is -0.905. The molecule has 0 radical (unpaired) electrons. The van der Waals surface area contributed by atoms with Gasteiger partial charge < -0.3 is 20.3 Å². The second-order valence-electron chi connectivity index (χ2n) is 12.3. The molecule has 2 rings (SSSR count). The lowest BCUT2D eigenvalue weighted by molar-refractivity contribution is -0.143. The Bertz CT molecular complexity index is 1160. The minimum Gasteiger partial charge on any atom is -0.444 e. The Morgan fingerprint density at radius 2 is 1.38 bits per heavy atom. The number of carbonyl (C=O) groups is 3. The van der Waals surface area contributed by atoms with Gasteiger partial charge in [-0.25, -0.2) is 4.79 Å². The summed E-state index contributed by atoms with van der Waals surface area (Å²) in [6.07, 6.45) is 0.382. The van der Waals surface area contributed by atoms with E-state index < -0.39 is 23.8 Å². The van der Waals surface area contributed by atoms with Gasteiger partial charge >= 0.3 is 6.09 Å². The summed E-state index contributed by atoms with van der Waals surface area (Å²) in [4.78, 5) is 43.3. The molecule has 0 heterocycles. The van der Waals surface area contributed by atoms with E-state index in [1.165, 1.54) is 0 Å². The van der Waals surface area contributed by atoms with Crippen molar-refractivity contribution >= 4 is 23.6 Å². The number of para-hydroxylation sites is 1. The zero-order valence-corrected chi connectivity index (χ0v) is 26.3. The molecule has 0 aliphatic heterocycles. The van der Waals surface area contributed by atoms with Gasteiger partial charge in [-0.15, -0.1) is 0 Å². The van der Waals surface area contributed by atoms with E-state index in [0.717, 1.165) is 33.5 Å². The van der Waals surface area contributed by atoms with Crippen LogP contribution in [0.3, 0.4) is 0 Å². The molecule has 3 atom stereocenters. The first-order valence-electron chi connectivity index (χ1n) is 14.3. The van der Waals surface area contributed by atoms with Crippen molar-refractivity contribution in [2.45, 2.75) is 113 Å². The molecule has 0 aliphatic carbocycles. The number of benzene rings is 2. The number of nitrogens with zero attached hydrogens (tertiary/aromatic N) is 1. The summed E-state index contributed by atoms with van der Waals surface area (Å²) in [6.45, 7) is 21.1. The van der Waals surface area contributed by atoms with Gasteiger partial charge in [-0.05, 0) is 102 Å². The van der Waals surface area contributed by atoms with Crippen molar-refractivity contribution < 1.29 is 19.1 Å². The van der Waals surface area contributed by atoms with E-state index in [4.69, 9.17) is 4.74 Å². The molecule has 0 saturated carbocycles. The third kappa shape index (κ3) is 8.57. The molecule has 0 spiro atoms. The Kier molecular flexibility index (Phi) is 11.4. The van der Waals surface area contributed by atoms with Crippen LogP contribution < -0.4 is 10.6 Å². The first-order valence-corrected chi connectivity index (χ1v) is 14.3. The first-order chi connectivity index (χ1) is 18.6. The Hall–Kier alpha value is -3.35. The Balaban J connectivity index is 2.69. The average molecular weight is 552 g/mol. The van der Waals surface area contributed by atoms with E-state index in [2.05, 4.69) is 10.6 Å². The van der Waals surface area contributed by atoms with E-state index in [9.17, 15) is 14.4 Å².